The molecular formula is C39H65N7O3S. The second-order valence-corrected chi connectivity index (χ2v) is 13.1. The van der Waals surface area contributed by atoms with Crippen LogP contribution in [0, 0.1) is 11.3 Å². The lowest BCUT2D eigenvalue weighted by atomic mass is 10.1. The Balaban J connectivity index is 0.000000722. The van der Waals surface area contributed by atoms with Gasteiger partial charge in [-0.25, -0.2) is 0 Å². The normalized spacial score (nSPS) is 17.3. The standard InChI is InChI=1S/C16H17N3O2S.C10H19N.C9H20N2.C4H9NO/c1-3-19-15(21)14(22-16(19)11(2)8-17)9-18-13-6-4-5-12(7-13)10-20;1-5-8-10(7-3)11(4)9-6-2;1-10-6-5-9-11-7-3-2-4-8-11;1-3-5-4(2)6/h4-7,10,14,18H,3,9H2,1-2H3;5-6,8-10H,7H2,1-4H3;10H,2-9H2,1H3;3H2,1-2H3,(H,5,6)/b16-11+;8-5-,9-6-;;. The van der Waals surface area contributed by atoms with Crippen LogP contribution in [0.25, 0.3) is 0 Å². The first-order valence-corrected chi connectivity index (χ1v) is 18.9. The molecular weight excluding hydrogens is 647 g/mol. The summed E-state index contributed by atoms with van der Waals surface area (Å²) in [6.45, 7) is 20.2. The van der Waals surface area contributed by atoms with Crippen molar-refractivity contribution in [1.82, 2.24) is 25.3 Å². The third-order valence-electron chi connectivity index (χ3n) is 7.88. The lowest BCUT2D eigenvalue weighted by Crippen LogP contribution is -2.32. The van der Waals surface area contributed by atoms with Crippen LogP contribution >= 0.6 is 11.8 Å². The minimum absolute atomic E-state index is 0.0103. The number of thioether (sulfide) groups is 1. The summed E-state index contributed by atoms with van der Waals surface area (Å²) in [4.78, 5) is 39.5. The van der Waals surface area contributed by atoms with Crippen molar-refractivity contribution in [3.05, 3.63) is 64.9 Å². The Labute approximate surface area is 307 Å². The van der Waals surface area contributed by atoms with E-state index in [1.807, 2.05) is 33.9 Å². The molecule has 3 N–H and O–H groups in total. The van der Waals surface area contributed by atoms with Crippen molar-refractivity contribution in [1.29, 1.82) is 5.26 Å². The van der Waals surface area contributed by atoms with Gasteiger partial charge in [0.05, 0.1) is 16.7 Å². The fourth-order valence-electron chi connectivity index (χ4n) is 5.26. The summed E-state index contributed by atoms with van der Waals surface area (Å²) in [6, 6.07) is 9.77. The Kier molecular flexibility index (Phi) is 27.1. The second kappa shape index (κ2) is 29.2. The van der Waals surface area contributed by atoms with Gasteiger partial charge in [0.1, 0.15) is 11.5 Å². The van der Waals surface area contributed by atoms with Gasteiger partial charge in [0.25, 0.3) is 0 Å². The summed E-state index contributed by atoms with van der Waals surface area (Å²) in [6.07, 6.45) is 16.0. The summed E-state index contributed by atoms with van der Waals surface area (Å²) >= 11 is 1.41. The molecule has 2 atom stereocenters. The highest BCUT2D eigenvalue weighted by Gasteiger charge is 2.36. The Bertz CT molecular complexity index is 1240. The van der Waals surface area contributed by atoms with Gasteiger partial charge in [-0.15, -0.1) is 0 Å². The average molecular weight is 712 g/mol. The molecule has 0 aromatic heterocycles. The highest BCUT2D eigenvalue weighted by Crippen LogP contribution is 2.37. The molecule has 2 aliphatic rings. The van der Waals surface area contributed by atoms with Crippen LogP contribution in [0.1, 0.15) is 90.9 Å². The highest BCUT2D eigenvalue weighted by atomic mass is 32.2. The summed E-state index contributed by atoms with van der Waals surface area (Å²) in [7, 11) is 4.13. The Morgan fingerprint density at radius 3 is 2.34 bits per heavy atom. The van der Waals surface area contributed by atoms with Crippen LogP contribution in [0.3, 0.4) is 0 Å². The summed E-state index contributed by atoms with van der Waals surface area (Å²) < 4.78 is 0. The van der Waals surface area contributed by atoms with Crippen molar-refractivity contribution in [3.63, 3.8) is 0 Å². The molecule has 0 saturated carbocycles. The van der Waals surface area contributed by atoms with Gasteiger partial charge in [-0.1, -0.05) is 55.5 Å². The van der Waals surface area contributed by atoms with Crippen LogP contribution in [0.4, 0.5) is 5.69 Å². The van der Waals surface area contributed by atoms with Crippen molar-refractivity contribution < 1.29 is 14.4 Å². The zero-order valence-corrected chi connectivity index (χ0v) is 33.1. The van der Waals surface area contributed by atoms with Gasteiger partial charge in [-0.2, -0.15) is 5.26 Å². The fourth-order valence-corrected chi connectivity index (χ4v) is 6.49. The number of nitriles is 1. The first-order chi connectivity index (χ1) is 24.1. The van der Waals surface area contributed by atoms with Gasteiger partial charge in [0, 0.05) is 50.9 Å². The SMILES string of the molecule is C/C=C\C(CC)N(C)/C=C\C.CCN1C(=O)C(CNc2cccc(C=O)c2)S/C1=C(\C)C#N.CCNC(C)=O.CNCCCN1CCCCC1. The number of carbonyl (C=O) groups is 3. The predicted molar refractivity (Wildman–Crippen MR) is 212 cm³/mol. The number of benzene rings is 1. The van der Waals surface area contributed by atoms with Crippen LogP contribution in [0.2, 0.25) is 0 Å². The molecule has 2 saturated heterocycles. The quantitative estimate of drug-likeness (QED) is 0.0842. The van der Waals surface area contributed by atoms with Crippen LogP contribution < -0.4 is 16.0 Å². The van der Waals surface area contributed by atoms with E-state index in [0.717, 1.165) is 36.5 Å². The Hall–Kier alpha value is -3.59. The number of nitrogens with one attached hydrogen (secondary N) is 3. The number of nitrogens with zero attached hydrogens (tertiary/aromatic N) is 4. The summed E-state index contributed by atoms with van der Waals surface area (Å²) in [5.74, 6) is 0.0497. The maximum atomic E-state index is 12.4. The largest absolute Gasteiger partial charge is 0.383 e. The third kappa shape index (κ3) is 19.6. The van der Waals surface area contributed by atoms with E-state index >= 15 is 0 Å². The minimum atomic E-state index is -0.266. The summed E-state index contributed by atoms with van der Waals surface area (Å²) in [5.41, 5.74) is 1.95. The van der Waals surface area contributed by atoms with Crippen LogP contribution in [-0.2, 0) is 9.59 Å². The summed E-state index contributed by atoms with van der Waals surface area (Å²) in [5, 5.41) is 18.4. The molecule has 2 unspecified atom stereocenters. The molecule has 280 valence electrons. The number of amides is 2. The molecule has 2 fully saturated rings. The van der Waals surface area contributed by atoms with Gasteiger partial charge in [0.2, 0.25) is 11.8 Å². The zero-order valence-electron chi connectivity index (χ0n) is 32.3. The fraction of sp³-hybridized carbons (Fsp3) is 0.590. The third-order valence-corrected chi connectivity index (χ3v) is 9.28. The average Bonchev–Trinajstić information content (AvgIpc) is 3.45. The molecule has 0 bridgehead atoms. The molecule has 0 spiro atoms. The Morgan fingerprint density at radius 2 is 1.84 bits per heavy atom. The lowest BCUT2D eigenvalue weighted by molar-refractivity contribution is -0.127. The number of allylic oxidation sites excluding steroid dienone is 3. The van der Waals surface area contributed by atoms with E-state index in [9.17, 15) is 14.4 Å². The van der Waals surface area contributed by atoms with Crippen LogP contribution in [0.15, 0.2) is 59.3 Å². The van der Waals surface area contributed by atoms with E-state index in [1.54, 1.807) is 30.0 Å². The molecule has 1 aromatic carbocycles. The molecule has 2 amide bonds. The first-order valence-electron chi connectivity index (χ1n) is 18.0. The number of aldehydes is 1. The number of hydrogen-bond acceptors (Lipinski definition) is 9. The van der Waals surface area contributed by atoms with Gasteiger partial charge in [-0.05, 0) is 112 Å². The topological polar surface area (TPSA) is 121 Å². The number of carbonyl (C=O) groups excluding carboxylic acids is 3. The zero-order chi connectivity index (χ0) is 37.7. The maximum Gasteiger partial charge on any atom is 0.242 e. The van der Waals surface area contributed by atoms with E-state index in [2.05, 4.69) is 77.1 Å². The maximum absolute atomic E-state index is 12.4. The second-order valence-electron chi connectivity index (χ2n) is 12.0. The van der Waals surface area contributed by atoms with E-state index in [1.165, 1.54) is 64.0 Å². The van der Waals surface area contributed by atoms with E-state index in [-0.39, 0.29) is 17.1 Å². The lowest BCUT2D eigenvalue weighted by Gasteiger charge is -2.26. The molecule has 3 rings (SSSR count). The molecule has 2 aliphatic heterocycles. The highest BCUT2D eigenvalue weighted by molar-refractivity contribution is 8.04. The van der Waals surface area contributed by atoms with Crippen LogP contribution in [0.5, 0.6) is 0 Å². The molecule has 10 nitrogen and oxygen atoms in total. The molecule has 0 radical (unpaired) electrons. The van der Waals surface area contributed by atoms with E-state index < -0.39 is 0 Å². The van der Waals surface area contributed by atoms with Crippen molar-refractivity contribution in [2.75, 3.05) is 65.2 Å². The number of rotatable bonds is 14. The predicted octanol–water partition coefficient (Wildman–Crippen LogP) is 6.66. The smallest absolute Gasteiger partial charge is 0.242 e. The molecule has 50 heavy (non-hydrogen) atoms. The van der Waals surface area contributed by atoms with Crippen molar-refractivity contribution in [2.45, 2.75) is 91.9 Å². The molecule has 11 heteroatoms. The number of likely N-dealkylation sites (N-methyl/N-ethyl adjacent to an activating group) is 1. The monoisotopic (exact) mass is 711 g/mol. The number of hydrogen-bond donors (Lipinski definition) is 3. The van der Waals surface area contributed by atoms with Crippen molar-refractivity contribution in [2.24, 2.45) is 0 Å². The van der Waals surface area contributed by atoms with Gasteiger partial charge < -0.3 is 30.7 Å². The first kappa shape index (κ1) is 46.4. The van der Waals surface area contributed by atoms with Crippen LogP contribution in [-0.4, -0.2) is 104 Å². The number of piperidine rings is 1. The van der Waals surface area contributed by atoms with E-state index in [4.69, 9.17) is 5.26 Å². The van der Waals surface area contributed by atoms with E-state index in [0.29, 0.717) is 30.3 Å². The Morgan fingerprint density at radius 1 is 1.14 bits per heavy atom. The van der Waals surface area contributed by atoms with Gasteiger partial charge >= 0.3 is 0 Å². The number of anilines is 1. The molecule has 0 aliphatic carbocycles. The van der Waals surface area contributed by atoms with Crippen molar-refractivity contribution in [3.8, 4) is 6.07 Å². The molecule has 2 heterocycles. The molecule has 1 aromatic rings. The van der Waals surface area contributed by atoms with Gasteiger partial charge in [0.15, 0.2) is 0 Å². The van der Waals surface area contributed by atoms with Gasteiger partial charge in [-0.3, -0.25) is 14.4 Å². The van der Waals surface area contributed by atoms with Crippen molar-refractivity contribution >= 4 is 35.5 Å². The minimum Gasteiger partial charge on any atom is -0.383 e. The number of likely N-dealkylation sites (tertiary alicyclic amines) is 1.